The molecule has 1 saturated heterocycles. The molecule has 0 amide bonds. The first kappa shape index (κ1) is 20.7. The molecule has 1 aromatic heterocycles. The fourth-order valence-corrected chi connectivity index (χ4v) is 4.64. The van der Waals surface area contributed by atoms with E-state index in [0.29, 0.717) is 17.8 Å². The minimum absolute atomic E-state index is 0.0477. The summed E-state index contributed by atoms with van der Waals surface area (Å²) in [6, 6.07) is 19.7. The molecule has 2 heterocycles. The van der Waals surface area contributed by atoms with E-state index in [2.05, 4.69) is 4.90 Å². The highest BCUT2D eigenvalue weighted by molar-refractivity contribution is 5.96. The molecule has 1 aliphatic rings. The maximum Gasteiger partial charge on any atom is 0.265 e. The maximum absolute atomic E-state index is 13.3. The summed E-state index contributed by atoms with van der Waals surface area (Å²) in [7, 11) is 0. The van der Waals surface area contributed by atoms with Gasteiger partial charge in [-0.3, -0.25) is 9.36 Å². The van der Waals surface area contributed by atoms with Crippen molar-refractivity contribution in [1.29, 1.82) is 0 Å². The van der Waals surface area contributed by atoms with Gasteiger partial charge in [0.05, 0.1) is 23.2 Å². The van der Waals surface area contributed by atoms with Crippen LogP contribution in [0.25, 0.3) is 27.4 Å². The van der Waals surface area contributed by atoms with Crippen molar-refractivity contribution in [2.24, 2.45) is 0 Å². The zero-order chi connectivity index (χ0) is 21.9. The van der Waals surface area contributed by atoms with Crippen LogP contribution in [0.4, 0.5) is 0 Å². The molecular formula is C27H29N3O2. The Bertz CT molecular complexity index is 1290. The lowest BCUT2D eigenvalue weighted by atomic mass is 10.1. The predicted molar refractivity (Wildman–Crippen MR) is 130 cm³/mol. The summed E-state index contributed by atoms with van der Waals surface area (Å²) in [6.07, 6.45) is 5.04. The molecule has 0 atom stereocenters. The van der Waals surface area contributed by atoms with Crippen molar-refractivity contribution in [3.63, 3.8) is 0 Å². The molecule has 3 aromatic carbocycles. The highest BCUT2D eigenvalue weighted by atomic mass is 16.5. The van der Waals surface area contributed by atoms with Gasteiger partial charge in [-0.25, -0.2) is 4.98 Å². The molecule has 0 bridgehead atoms. The number of likely N-dealkylation sites (tertiary alicyclic amines) is 1. The van der Waals surface area contributed by atoms with Crippen molar-refractivity contribution in [2.45, 2.75) is 32.6 Å². The van der Waals surface area contributed by atoms with Gasteiger partial charge in [-0.05, 0) is 86.4 Å². The van der Waals surface area contributed by atoms with Gasteiger partial charge in [-0.2, -0.15) is 0 Å². The first-order valence-electron chi connectivity index (χ1n) is 11.6. The van der Waals surface area contributed by atoms with E-state index < -0.39 is 0 Å². The van der Waals surface area contributed by atoms with Crippen LogP contribution in [0.2, 0.25) is 0 Å². The van der Waals surface area contributed by atoms with Crippen molar-refractivity contribution in [1.82, 2.24) is 14.5 Å². The highest BCUT2D eigenvalue weighted by Crippen LogP contribution is 2.21. The number of aromatic nitrogens is 2. The van der Waals surface area contributed by atoms with Crippen molar-refractivity contribution in [3.8, 4) is 11.4 Å². The molecule has 0 saturated carbocycles. The van der Waals surface area contributed by atoms with Gasteiger partial charge in [0.2, 0.25) is 0 Å². The molecule has 0 radical (unpaired) electrons. The Labute approximate surface area is 188 Å². The monoisotopic (exact) mass is 427 g/mol. The Kier molecular flexibility index (Phi) is 5.91. The first-order valence-corrected chi connectivity index (χ1v) is 11.6. The van der Waals surface area contributed by atoms with Crippen LogP contribution < -0.4 is 10.3 Å². The zero-order valence-corrected chi connectivity index (χ0v) is 18.6. The van der Waals surface area contributed by atoms with Crippen LogP contribution in [0.3, 0.4) is 0 Å². The normalized spacial score (nSPS) is 14.8. The second-order valence-electron chi connectivity index (χ2n) is 8.61. The molecule has 164 valence electrons. The number of nitrogens with zero attached hydrogens (tertiary/aromatic N) is 3. The quantitative estimate of drug-likeness (QED) is 0.317. The van der Waals surface area contributed by atoms with Gasteiger partial charge in [0, 0.05) is 6.54 Å². The van der Waals surface area contributed by atoms with E-state index in [4.69, 9.17) is 9.72 Å². The molecule has 5 nitrogen and oxygen atoms in total. The van der Waals surface area contributed by atoms with Gasteiger partial charge >= 0.3 is 0 Å². The number of rotatable bonds is 6. The molecule has 5 heteroatoms. The van der Waals surface area contributed by atoms with Crippen molar-refractivity contribution < 1.29 is 4.74 Å². The van der Waals surface area contributed by atoms with Crippen LogP contribution in [0.1, 0.15) is 31.5 Å². The number of hydrogen-bond donors (Lipinski definition) is 0. The lowest BCUT2D eigenvalue weighted by Gasteiger charge is -2.26. The van der Waals surface area contributed by atoms with E-state index in [1.807, 2.05) is 67.6 Å². The molecule has 0 N–H and O–H groups in total. The average molecular weight is 428 g/mol. The molecule has 0 aliphatic carbocycles. The molecule has 1 aliphatic heterocycles. The van der Waals surface area contributed by atoms with Crippen LogP contribution >= 0.6 is 0 Å². The third-order valence-corrected chi connectivity index (χ3v) is 6.33. The summed E-state index contributed by atoms with van der Waals surface area (Å²) in [6.45, 7) is 6.13. The van der Waals surface area contributed by atoms with Crippen LogP contribution in [0.15, 0.2) is 65.5 Å². The SMILES string of the molecule is Cc1nc2cc3ccccc3cc2c(=O)n1-c1ccc(OCCCN2CCCCC2)cc1. The summed E-state index contributed by atoms with van der Waals surface area (Å²) in [5.74, 6) is 1.51. The van der Waals surface area contributed by atoms with Gasteiger partial charge in [0.15, 0.2) is 0 Å². The van der Waals surface area contributed by atoms with Gasteiger partial charge < -0.3 is 9.64 Å². The lowest BCUT2D eigenvalue weighted by Crippen LogP contribution is -2.31. The van der Waals surface area contributed by atoms with Gasteiger partial charge in [0.25, 0.3) is 5.56 Å². The van der Waals surface area contributed by atoms with E-state index in [0.717, 1.165) is 40.7 Å². The molecule has 32 heavy (non-hydrogen) atoms. The number of benzene rings is 3. The minimum Gasteiger partial charge on any atom is -0.494 e. The molecule has 5 rings (SSSR count). The Morgan fingerprint density at radius 3 is 2.41 bits per heavy atom. The lowest BCUT2D eigenvalue weighted by molar-refractivity contribution is 0.205. The maximum atomic E-state index is 13.3. The third-order valence-electron chi connectivity index (χ3n) is 6.33. The summed E-state index contributed by atoms with van der Waals surface area (Å²) < 4.78 is 7.61. The predicted octanol–water partition coefficient (Wildman–Crippen LogP) is 5.10. The van der Waals surface area contributed by atoms with E-state index in [-0.39, 0.29) is 5.56 Å². The molecule has 1 fully saturated rings. The fraction of sp³-hybridized carbons (Fsp3) is 0.333. The molecule has 4 aromatic rings. The summed E-state index contributed by atoms with van der Waals surface area (Å²) >= 11 is 0. The first-order chi connectivity index (χ1) is 15.7. The second-order valence-corrected chi connectivity index (χ2v) is 8.61. The minimum atomic E-state index is -0.0477. The third kappa shape index (κ3) is 4.26. The van der Waals surface area contributed by atoms with Crippen LogP contribution in [-0.4, -0.2) is 40.7 Å². The smallest absolute Gasteiger partial charge is 0.265 e. The Balaban J connectivity index is 1.33. The molecule has 0 spiro atoms. The Hall–Kier alpha value is -3.18. The Morgan fingerprint density at radius 1 is 0.938 bits per heavy atom. The molecule has 0 unspecified atom stereocenters. The number of ether oxygens (including phenoxy) is 1. The van der Waals surface area contributed by atoms with E-state index in [1.165, 1.54) is 32.4 Å². The Morgan fingerprint density at radius 2 is 1.66 bits per heavy atom. The fourth-order valence-electron chi connectivity index (χ4n) is 4.64. The summed E-state index contributed by atoms with van der Waals surface area (Å²) in [5.41, 5.74) is 1.49. The van der Waals surface area contributed by atoms with Crippen molar-refractivity contribution >= 4 is 21.7 Å². The zero-order valence-electron chi connectivity index (χ0n) is 18.6. The van der Waals surface area contributed by atoms with Crippen molar-refractivity contribution in [2.75, 3.05) is 26.2 Å². The second kappa shape index (κ2) is 9.13. The average Bonchev–Trinajstić information content (AvgIpc) is 2.82. The van der Waals surface area contributed by atoms with Crippen LogP contribution in [-0.2, 0) is 0 Å². The number of fused-ring (bicyclic) bond motifs is 2. The summed E-state index contributed by atoms with van der Waals surface area (Å²) in [5, 5.41) is 2.76. The van der Waals surface area contributed by atoms with E-state index in [9.17, 15) is 4.79 Å². The van der Waals surface area contributed by atoms with Crippen LogP contribution in [0.5, 0.6) is 5.75 Å². The largest absolute Gasteiger partial charge is 0.494 e. The topological polar surface area (TPSA) is 47.4 Å². The number of hydrogen-bond acceptors (Lipinski definition) is 4. The number of piperidine rings is 1. The van der Waals surface area contributed by atoms with E-state index >= 15 is 0 Å². The summed E-state index contributed by atoms with van der Waals surface area (Å²) in [4.78, 5) is 20.6. The number of aryl methyl sites for hydroxylation is 1. The highest BCUT2D eigenvalue weighted by Gasteiger charge is 2.12. The van der Waals surface area contributed by atoms with Crippen molar-refractivity contribution in [3.05, 3.63) is 76.8 Å². The van der Waals surface area contributed by atoms with Crippen LogP contribution in [0, 0.1) is 6.92 Å². The van der Waals surface area contributed by atoms with Gasteiger partial charge in [-0.15, -0.1) is 0 Å². The standard InChI is InChI=1S/C27H29N3O2/c1-20-28-26-19-22-9-4-3-8-21(22)18-25(26)27(31)30(20)23-10-12-24(13-11-23)32-17-7-16-29-14-5-2-6-15-29/h3-4,8-13,18-19H,2,5-7,14-17H2,1H3. The van der Waals surface area contributed by atoms with Gasteiger partial charge in [-0.1, -0.05) is 30.7 Å². The molecular weight excluding hydrogens is 398 g/mol. The van der Waals surface area contributed by atoms with Gasteiger partial charge in [0.1, 0.15) is 11.6 Å². The van der Waals surface area contributed by atoms with E-state index in [1.54, 1.807) is 4.57 Å².